The molecule has 35 heavy (non-hydrogen) atoms. The number of rotatable bonds is 5. The molecule has 1 amide bonds. The minimum Gasteiger partial charge on any atom is -0.382 e. The summed E-state index contributed by atoms with van der Waals surface area (Å²) in [4.78, 5) is 16.2. The lowest BCUT2D eigenvalue weighted by Crippen LogP contribution is -2.28. The van der Waals surface area contributed by atoms with Crippen molar-refractivity contribution < 1.29 is 35.5 Å². The second-order valence-corrected chi connectivity index (χ2v) is 9.78. The van der Waals surface area contributed by atoms with Crippen LogP contribution in [-0.4, -0.2) is 41.5 Å². The summed E-state index contributed by atoms with van der Waals surface area (Å²) >= 11 is 5.98. The number of nitrogens with one attached hydrogen (secondary N) is 1. The topological polar surface area (TPSA) is 148 Å². The quantitative estimate of drug-likeness (QED) is 0.413. The van der Waals surface area contributed by atoms with Crippen molar-refractivity contribution in [3.8, 4) is 11.1 Å². The normalized spacial score (nSPS) is 14.6. The Hall–Kier alpha value is -3.16. The van der Waals surface area contributed by atoms with E-state index in [1.807, 2.05) is 0 Å². The number of hydrogen-bond acceptors (Lipinski definition) is 7. The molecule has 1 aliphatic rings. The van der Waals surface area contributed by atoms with Crippen molar-refractivity contribution in [1.82, 2.24) is 10.1 Å². The number of nitrogens with two attached hydrogens (primary N) is 1. The van der Waals surface area contributed by atoms with Gasteiger partial charge in [-0.3, -0.25) is 9.35 Å². The second kappa shape index (κ2) is 9.84. The SMILES string of the molecule is CS(=O)(=O)O.Nc1ncc(-c2ccc(CC(=O)Nc3cc(C4(C(F)(F)F)CC4)on3)cc2)cc1Cl. The van der Waals surface area contributed by atoms with Crippen molar-refractivity contribution >= 4 is 39.3 Å². The Morgan fingerprint density at radius 2 is 1.83 bits per heavy atom. The van der Waals surface area contributed by atoms with Crippen LogP contribution in [0.5, 0.6) is 0 Å². The van der Waals surface area contributed by atoms with Crippen LogP contribution < -0.4 is 11.1 Å². The van der Waals surface area contributed by atoms with Crippen LogP contribution in [0, 0.1) is 0 Å². The van der Waals surface area contributed by atoms with Gasteiger partial charge in [-0.15, -0.1) is 0 Å². The van der Waals surface area contributed by atoms with Crippen LogP contribution >= 0.6 is 11.6 Å². The molecule has 188 valence electrons. The number of benzene rings is 1. The largest absolute Gasteiger partial charge is 0.401 e. The zero-order valence-corrected chi connectivity index (χ0v) is 19.7. The van der Waals surface area contributed by atoms with E-state index in [1.165, 1.54) is 0 Å². The maximum absolute atomic E-state index is 13.1. The van der Waals surface area contributed by atoms with Crippen LogP contribution in [0.3, 0.4) is 0 Å². The van der Waals surface area contributed by atoms with E-state index in [4.69, 9.17) is 26.4 Å². The number of pyridine rings is 1. The number of carbonyl (C=O) groups is 1. The van der Waals surface area contributed by atoms with E-state index in [0.29, 0.717) is 16.8 Å². The first kappa shape index (κ1) is 26.4. The minimum atomic E-state index is -4.40. The van der Waals surface area contributed by atoms with E-state index in [1.54, 1.807) is 36.5 Å². The number of nitrogens with zero attached hydrogens (tertiary/aromatic N) is 2. The summed E-state index contributed by atoms with van der Waals surface area (Å²) in [6, 6.07) is 9.97. The van der Waals surface area contributed by atoms with Gasteiger partial charge >= 0.3 is 6.18 Å². The predicted octanol–water partition coefficient (Wildman–Crippen LogP) is 4.25. The standard InChI is InChI=1S/C20H16ClF3N4O2.CH4O3S/c21-14-8-13(10-26-18(14)25)12-3-1-11(2-4-12)7-17(29)27-16-9-15(30-28-16)19(5-6-19)20(22,23)24;1-5(2,3)4/h1-4,8-10H,5-7H2,(H2,25,26)(H,27,28,29);1H3,(H,2,3,4). The molecule has 0 radical (unpaired) electrons. The summed E-state index contributed by atoms with van der Waals surface area (Å²) in [6.45, 7) is 0. The van der Waals surface area contributed by atoms with Gasteiger partial charge in [0, 0.05) is 17.8 Å². The third-order valence-electron chi connectivity index (χ3n) is 5.06. The first-order valence-electron chi connectivity index (χ1n) is 9.94. The highest BCUT2D eigenvalue weighted by Gasteiger charge is 2.66. The Balaban J connectivity index is 0.000000623. The molecule has 0 spiro atoms. The summed E-state index contributed by atoms with van der Waals surface area (Å²) in [5.41, 5.74) is 5.96. The number of anilines is 2. The van der Waals surface area contributed by atoms with Crippen molar-refractivity contribution in [3.63, 3.8) is 0 Å². The average molecular weight is 533 g/mol. The van der Waals surface area contributed by atoms with E-state index < -0.39 is 27.6 Å². The number of carbonyl (C=O) groups excluding carboxylic acids is 1. The molecule has 1 saturated carbocycles. The zero-order chi connectivity index (χ0) is 26.0. The maximum Gasteiger partial charge on any atom is 0.401 e. The van der Waals surface area contributed by atoms with Gasteiger partial charge in [0.05, 0.1) is 17.7 Å². The van der Waals surface area contributed by atoms with E-state index in [9.17, 15) is 26.4 Å². The molecule has 0 aliphatic heterocycles. The highest BCUT2D eigenvalue weighted by molar-refractivity contribution is 7.85. The first-order chi connectivity index (χ1) is 16.2. The molecular weight excluding hydrogens is 513 g/mol. The van der Waals surface area contributed by atoms with E-state index >= 15 is 0 Å². The third-order valence-corrected chi connectivity index (χ3v) is 5.37. The Kier molecular flexibility index (Phi) is 7.43. The Morgan fingerprint density at radius 3 is 2.34 bits per heavy atom. The zero-order valence-electron chi connectivity index (χ0n) is 18.1. The van der Waals surface area contributed by atoms with Crippen LogP contribution in [0.1, 0.15) is 24.2 Å². The number of amides is 1. The lowest BCUT2D eigenvalue weighted by molar-refractivity contribution is -0.165. The Bertz CT molecular complexity index is 1320. The molecule has 9 nitrogen and oxygen atoms in total. The highest BCUT2D eigenvalue weighted by atomic mass is 35.5. The Labute approximate surface area is 203 Å². The molecule has 3 aromatic rings. The molecular formula is C21H20ClF3N4O5S. The smallest absolute Gasteiger partial charge is 0.382 e. The first-order valence-corrected chi connectivity index (χ1v) is 12.2. The second-order valence-electron chi connectivity index (χ2n) is 7.90. The summed E-state index contributed by atoms with van der Waals surface area (Å²) < 4.78 is 70.1. The molecule has 0 saturated heterocycles. The minimum absolute atomic E-state index is 0.0215. The van der Waals surface area contributed by atoms with Crippen LogP contribution in [0.25, 0.3) is 11.1 Å². The van der Waals surface area contributed by atoms with Crippen molar-refractivity contribution in [2.24, 2.45) is 0 Å². The van der Waals surface area contributed by atoms with Crippen molar-refractivity contribution in [2.75, 3.05) is 17.3 Å². The summed E-state index contributed by atoms with van der Waals surface area (Å²) in [6.07, 6.45) is -2.15. The molecule has 0 atom stereocenters. The van der Waals surface area contributed by atoms with Crippen molar-refractivity contribution in [2.45, 2.75) is 30.9 Å². The van der Waals surface area contributed by atoms with Crippen LogP contribution in [0.4, 0.5) is 24.8 Å². The summed E-state index contributed by atoms with van der Waals surface area (Å²) in [5, 5.41) is 6.37. The number of hydrogen-bond donors (Lipinski definition) is 3. The lowest BCUT2D eigenvalue weighted by Gasteiger charge is -2.14. The molecule has 14 heteroatoms. The van der Waals surface area contributed by atoms with Gasteiger partial charge in [0.25, 0.3) is 10.1 Å². The van der Waals surface area contributed by atoms with Gasteiger partial charge < -0.3 is 15.6 Å². The molecule has 1 aliphatic carbocycles. The molecule has 2 heterocycles. The Morgan fingerprint density at radius 1 is 1.23 bits per heavy atom. The van der Waals surface area contributed by atoms with Crippen molar-refractivity contribution in [1.29, 1.82) is 0 Å². The highest BCUT2D eigenvalue weighted by Crippen LogP contribution is 2.59. The molecule has 0 bridgehead atoms. The predicted molar refractivity (Wildman–Crippen MR) is 122 cm³/mol. The van der Waals surface area contributed by atoms with Gasteiger partial charge in [-0.2, -0.15) is 21.6 Å². The van der Waals surface area contributed by atoms with E-state index in [-0.39, 0.29) is 36.7 Å². The monoisotopic (exact) mass is 532 g/mol. The fourth-order valence-electron chi connectivity index (χ4n) is 3.15. The molecule has 4 rings (SSSR count). The maximum atomic E-state index is 13.1. The molecule has 1 aromatic carbocycles. The van der Waals surface area contributed by atoms with Gasteiger partial charge in [0.2, 0.25) is 5.91 Å². The number of halogens is 4. The molecule has 2 aromatic heterocycles. The van der Waals surface area contributed by atoms with E-state index in [2.05, 4.69) is 15.5 Å². The molecule has 4 N–H and O–H groups in total. The van der Waals surface area contributed by atoms with Gasteiger partial charge in [0.1, 0.15) is 11.2 Å². The molecule has 0 unspecified atom stereocenters. The fourth-order valence-corrected chi connectivity index (χ4v) is 3.31. The van der Waals surface area contributed by atoms with E-state index in [0.717, 1.165) is 17.2 Å². The van der Waals surface area contributed by atoms with Gasteiger partial charge in [0.15, 0.2) is 11.6 Å². The average Bonchev–Trinajstić information content (AvgIpc) is 3.44. The summed E-state index contributed by atoms with van der Waals surface area (Å²) in [7, 11) is -3.67. The summed E-state index contributed by atoms with van der Waals surface area (Å²) in [5.74, 6) is -0.487. The number of aromatic nitrogens is 2. The number of nitrogen functional groups attached to an aromatic ring is 1. The van der Waals surface area contributed by atoms with Crippen LogP contribution in [0.2, 0.25) is 5.02 Å². The van der Waals surface area contributed by atoms with Crippen LogP contribution in [-0.2, 0) is 26.7 Å². The van der Waals surface area contributed by atoms with Gasteiger partial charge in [-0.25, -0.2) is 4.98 Å². The third kappa shape index (κ3) is 6.93. The van der Waals surface area contributed by atoms with Crippen molar-refractivity contribution in [3.05, 3.63) is 58.9 Å². The van der Waals surface area contributed by atoms with Gasteiger partial charge in [-0.05, 0) is 30.0 Å². The number of alkyl halides is 3. The lowest BCUT2D eigenvalue weighted by atomic mass is 10.0. The molecule has 1 fully saturated rings. The van der Waals surface area contributed by atoms with Crippen LogP contribution in [0.15, 0.2) is 47.1 Å². The van der Waals surface area contributed by atoms with Gasteiger partial charge in [-0.1, -0.05) is 41.0 Å². The fraction of sp³-hybridized carbons (Fsp3) is 0.286.